The number of unbranched alkanes of at least 4 members (excludes halogenated alkanes) is 1. The first-order valence-electron chi connectivity index (χ1n) is 15.1. The van der Waals surface area contributed by atoms with E-state index in [0.717, 1.165) is 56.5 Å². The van der Waals surface area contributed by atoms with Gasteiger partial charge >= 0.3 is 0 Å². The van der Waals surface area contributed by atoms with Crippen LogP contribution >= 0.6 is 0 Å². The average molecular weight is 546 g/mol. The Labute approximate surface area is 238 Å². The van der Waals surface area contributed by atoms with Gasteiger partial charge in [-0.3, -0.25) is 9.59 Å². The summed E-state index contributed by atoms with van der Waals surface area (Å²) in [6, 6.07) is 6.46. The van der Waals surface area contributed by atoms with E-state index in [1.807, 2.05) is 14.0 Å². The summed E-state index contributed by atoms with van der Waals surface area (Å²) in [5.74, 6) is 0.812. The predicted molar refractivity (Wildman–Crippen MR) is 163 cm³/mol. The van der Waals surface area contributed by atoms with Crippen LogP contribution in [0.5, 0.6) is 0 Å². The van der Waals surface area contributed by atoms with Crippen LogP contribution < -0.4 is 15.1 Å². The number of piperidine rings is 1. The van der Waals surface area contributed by atoms with Crippen molar-refractivity contribution in [2.24, 2.45) is 11.8 Å². The summed E-state index contributed by atoms with van der Waals surface area (Å²) >= 11 is 0. The van der Waals surface area contributed by atoms with E-state index in [1.165, 1.54) is 37.8 Å². The van der Waals surface area contributed by atoms with E-state index in [9.17, 15) is 14.4 Å². The highest BCUT2D eigenvalue weighted by Gasteiger charge is 2.22. The van der Waals surface area contributed by atoms with Crippen molar-refractivity contribution >= 4 is 29.5 Å². The van der Waals surface area contributed by atoms with Crippen LogP contribution in [0.2, 0.25) is 0 Å². The fourth-order valence-corrected chi connectivity index (χ4v) is 4.89. The Morgan fingerprint density at radius 1 is 1.13 bits per heavy atom. The molecule has 1 N–H and O–H groups in total. The molecule has 7 nitrogen and oxygen atoms in total. The number of rotatable bonds is 15. The lowest BCUT2D eigenvalue weighted by atomic mass is 9.97. The first-order valence-corrected chi connectivity index (χ1v) is 15.1. The Kier molecular flexibility index (Phi) is 17.4. The maximum Gasteiger partial charge on any atom is 0.223 e. The molecule has 1 saturated heterocycles. The first-order chi connectivity index (χ1) is 18.7. The molecule has 0 aromatic heterocycles. The van der Waals surface area contributed by atoms with E-state index in [2.05, 4.69) is 49.2 Å². The number of benzene rings is 1. The number of anilines is 2. The lowest BCUT2D eigenvalue weighted by Gasteiger charge is -2.34. The predicted octanol–water partition coefficient (Wildman–Crippen LogP) is 6.31. The summed E-state index contributed by atoms with van der Waals surface area (Å²) < 4.78 is 6.20. The lowest BCUT2D eigenvalue weighted by Crippen LogP contribution is -2.36. The van der Waals surface area contributed by atoms with Crippen LogP contribution in [0.25, 0.3) is 0 Å². The van der Waals surface area contributed by atoms with Crippen LogP contribution in [0.1, 0.15) is 97.5 Å². The summed E-state index contributed by atoms with van der Waals surface area (Å²) in [5, 5.41) is 2.53. The Bertz CT molecular complexity index is 852. The van der Waals surface area contributed by atoms with E-state index in [4.69, 9.17) is 4.74 Å². The minimum absolute atomic E-state index is 0.0120. The number of carbonyl (C=O) groups is 3. The number of aryl methyl sites for hydroxylation is 1. The van der Waals surface area contributed by atoms with Gasteiger partial charge in [-0.15, -0.1) is 0 Å². The maximum atomic E-state index is 11.7. The number of carbonyl (C=O) groups excluding carboxylic acids is 3. The molecular weight excluding hydrogens is 490 g/mol. The molecule has 222 valence electrons. The van der Waals surface area contributed by atoms with Crippen molar-refractivity contribution in [3.05, 3.63) is 23.8 Å². The quantitative estimate of drug-likeness (QED) is 0.261. The molecule has 0 bridgehead atoms. The first kappa shape index (κ1) is 34.6. The highest BCUT2D eigenvalue weighted by molar-refractivity contribution is 5.92. The molecule has 2 unspecified atom stereocenters. The summed E-state index contributed by atoms with van der Waals surface area (Å²) in [6.07, 6.45) is 11.6. The van der Waals surface area contributed by atoms with Gasteiger partial charge in [-0.2, -0.15) is 0 Å². The molecule has 1 heterocycles. The number of aldehydes is 1. The molecule has 1 aromatic rings. The Hall–Kier alpha value is -2.41. The summed E-state index contributed by atoms with van der Waals surface area (Å²) in [5.41, 5.74) is 3.36. The molecule has 0 aliphatic carbocycles. The SMILES string of the molecule is CCCC(C=O)CCC(=O)NC.CCCCC(CC)OCC1CCN(c2ccc(C)c(N(C)C(C)=O)c2)CC1. The van der Waals surface area contributed by atoms with Crippen LogP contribution in [0.3, 0.4) is 0 Å². The fourth-order valence-electron chi connectivity index (χ4n) is 4.89. The number of hydrogen-bond donors (Lipinski definition) is 1. The molecule has 1 aliphatic heterocycles. The molecule has 0 saturated carbocycles. The number of amides is 2. The Morgan fingerprint density at radius 2 is 1.82 bits per heavy atom. The largest absolute Gasteiger partial charge is 0.378 e. The standard InChI is InChI=1S/C23H38N2O2.C9H17NO2/c1-6-8-9-22(7-2)27-17-20-12-14-25(15-13-20)21-11-10-18(3)23(16-21)24(5)19(4)26;1-3-4-8(7-11)5-6-9(12)10-2/h10-11,16,20,22H,6-9,12-15,17H2,1-5H3;7-8H,3-6H2,1-2H3,(H,10,12). The van der Waals surface area contributed by atoms with E-state index >= 15 is 0 Å². The molecule has 39 heavy (non-hydrogen) atoms. The Morgan fingerprint density at radius 3 is 2.36 bits per heavy atom. The van der Waals surface area contributed by atoms with E-state index in [-0.39, 0.29) is 17.7 Å². The lowest BCUT2D eigenvalue weighted by molar-refractivity contribution is -0.121. The van der Waals surface area contributed by atoms with Gasteiger partial charge in [0, 0.05) is 64.4 Å². The van der Waals surface area contributed by atoms with Crippen LogP contribution in [-0.2, 0) is 19.1 Å². The Balaban J connectivity index is 0.000000534. The second-order valence-electron chi connectivity index (χ2n) is 10.9. The third kappa shape index (κ3) is 13.0. The van der Waals surface area contributed by atoms with E-state index in [1.54, 1.807) is 18.9 Å². The molecule has 2 atom stereocenters. The van der Waals surface area contributed by atoms with Crippen LogP contribution in [0.4, 0.5) is 11.4 Å². The maximum absolute atomic E-state index is 11.7. The van der Waals surface area contributed by atoms with Crippen LogP contribution in [-0.4, -0.2) is 58.0 Å². The molecule has 7 heteroatoms. The smallest absolute Gasteiger partial charge is 0.223 e. The van der Waals surface area contributed by atoms with Crippen molar-refractivity contribution in [1.82, 2.24) is 5.32 Å². The molecular formula is C32H55N3O4. The number of ether oxygens (including phenoxy) is 1. The fraction of sp³-hybridized carbons (Fsp3) is 0.719. The van der Waals surface area contributed by atoms with Gasteiger partial charge in [-0.25, -0.2) is 0 Å². The van der Waals surface area contributed by atoms with Crippen LogP contribution in [0.15, 0.2) is 18.2 Å². The molecule has 2 rings (SSSR count). The van der Waals surface area contributed by atoms with Crippen molar-refractivity contribution in [3.63, 3.8) is 0 Å². The zero-order chi connectivity index (χ0) is 29.2. The molecule has 0 radical (unpaired) electrons. The molecule has 2 amide bonds. The highest BCUT2D eigenvalue weighted by Crippen LogP contribution is 2.29. The second kappa shape index (κ2) is 19.6. The summed E-state index contributed by atoms with van der Waals surface area (Å²) in [4.78, 5) is 37.2. The number of nitrogens with one attached hydrogen (secondary N) is 1. The van der Waals surface area contributed by atoms with Crippen LogP contribution in [0, 0.1) is 18.8 Å². The van der Waals surface area contributed by atoms with Gasteiger partial charge in [0.1, 0.15) is 6.29 Å². The minimum atomic E-state index is 0.0120. The molecule has 0 spiro atoms. The second-order valence-corrected chi connectivity index (χ2v) is 10.9. The monoisotopic (exact) mass is 545 g/mol. The molecule has 1 fully saturated rings. The third-order valence-corrected chi connectivity index (χ3v) is 7.78. The zero-order valence-electron chi connectivity index (χ0n) is 25.8. The molecule has 1 aliphatic rings. The van der Waals surface area contributed by atoms with Gasteiger partial charge in [0.05, 0.1) is 6.10 Å². The average Bonchev–Trinajstić information content (AvgIpc) is 2.95. The van der Waals surface area contributed by atoms with Crippen molar-refractivity contribution < 1.29 is 19.1 Å². The number of hydrogen-bond acceptors (Lipinski definition) is 5. The van der Waals surface area contributed by atoms with Gasteiger partial charge in [0.15, 0.2) is 0 Å². The normalized spacial score (nSPS) is 15.1. The third-order valence-electron chi connectivity index (χ3n) is 7.78. The number of nitrogens with zero attached hydrogens (tertiary/aromatic N) is 2. The van der Waals surface area contributed by atoms with Gasteiger partial charge in [-0.1, -0.05) is 46.1 Å². The van der Waals surface area contributed by atoms with Crippen molar-refractivity contribution in [1.29, 1.82) is 0 Å². The van der Waals surface area contributed by atoms with Gasteiger partial charge < -0.3 is 24.6 Å². The van der Waals surface area contributed by atoms with Crippen molar-refractivity contribution in [2.75, 3.05) is 43.6 Å². The van der Waals surface area contributed by atoms with Gasteiger partial charge in [0.25, 0.3) is 0 Å². The van der Waals surface area contributed by atoms with Gasteiger partial charge in [0.2, 0.25) is 11.8 Å². The summed E-state index contributed by atoms with van der Waals surface area (Å²) in [6.45, 7) is 13.2. The van der Waals surface area contributed by atoms with Gasteiger partial charge in [-0.05, 0) is 69.1 Å². The van der Waals surface area contributed by atoms with E-state index < -0.39 is 0 Å². The van der Waals surface area contributed by atoms with E-state index in [0.29, 0.717) is 24.9 Å². The van der Waals surface area contributed by atoms with Crippen molar-refractivity contribution in [3.8, 4) is 0 Å². The molecule has 1 aromatic carbocycles. The van der Waals surface area contributed by atoms with Crippen molar-refractivity contribution in [2.45, 2.75) is 105 Å². The minimum Gasteiger partial charge on any atom is -0.378 e. The highest BCUT2D eigenvalue weighted by atomic mass is 16.5. The topological polar surface area (TPSA) is 79.0 Å². The summed E-state index contributed by atoms with van der Waals surface area (Å²) in [7, 11) is 3.46. The zero-order valence-corrected chi connectivity index (χ0v) is 25.8.